The first-order chi connectivity index (χ1) is 11.4. The fourth-order valence-corrected chi connectivity index (χ4v) is 3.99. The van der Waals surface area contributed by atoms with E-state index in [4.69, 9.17) is 0 Å². The van der Waals surface area contributed by atoms with Crippen molar-refractivity contribution in [2.24, 2.45) is 0 Å². The van der Waals surface area contributed by atoms with Gasteiger partial charge in [-0.05, 0) is 32.0 Å². The molecule has 1 amide bonds. The Hall–Kier alpha value is -2.12. The van der Waals surface area contributed by atoms with Crippen LogP contribution in [0.3, 0.4) is 0 Å². The van der Waals surface area contributed by atoms with Crippen LogP contribution in [-0.4, -0.2) is 48.9 Å². The summed E-state index contributed by atoms with van der Waals surface area (Å²) >= 11 is 0. The van der Waals surface area contributed by atoms with Crippen LogP contribution in [0.2, 0.25) is 0 Å². The Kier molecular flexibility index (Phi) is 4.47. The Bertz CT molecular complexity index is 840. The van der Waals surface area contributed by atoms with Gasteiger partial charge in [0.2, 0.25) is 0 Å². The third-order valence-electron chi connectivity index (χ3n) is 4.27. The molecule has 0 radical (unpaired) electrons. The van der Waals surface area contributed by atoms with Crippen LogP contribution in [0.25, 0.3) is 0 Å². The van der Waals surface area contributed by atoms with Crippen LogP contribution in [0.5, 0.6) is 0 Å². The molecule has 128 valence electrons. The minimum absolute atomic E-state index is 0.0864. The molecule has 1 aromatic heterocycles. The first-order valence-electron chi connectivity index (χ1n) is 7.91. The van der Waals surface area contributed by atoms with Crippen molar-refractivity contribution < 1.29 is 13.2 Å². The number of nitrogens with one attached hydrogen (secondary N) is 1. The lowest BCUT2D eigenvalue weighted by molar-refractivity contribution is 0.0656. The maximum absolute atomic E-state index is 12.6. The van der Waals surface area contributed by atoms with Gasteiger partial charge in [0.15, 0.2) is 0 Å². The number of aryl methyl sites for hydroxylation is 1. The van der Waals surface area contributed by atoms with Crippen LogP contribution < -0.4 is 5.32 Å². The van der Waals surface area contributed by atoms with Crippen LogP contribution in [0, 0.1) is 6.92 Å². The average Bonchev–Trinajstić information content (AvgIpc) is 3.06. The second-order valence-electron chi connectivity index (χ2n) is 6.10. The number of benzene rings is 1. The molecule has 1 fully saturated rings. The van der Waals surface area contributed by atoms with Crippen LogP contribution in [0.4, 0.5) is 0 Å². The molecule has 1 atom stereocenters. The van der Waals surface area contributed by atoms with Gasteiger partial charge in [-0.2, -0.15) is 0 Å². The van der Waals surface area contributed by atoms with Gasteiger partial charge in [0.25, 0.3) is 15.9 Å². The van der Waals surface area contributed by atoms with E-state index in [0.29, 0.717) is 12.1 Å². The number of piperazine rings is 1. The van der Waals surface area contributed by atoms with Gasteiger partial charge in [-0.1, -0.05) is 17.7 Å². The van der Waals surface area contributed by atoms with Crippen LogP contribution in [0.15, 0.2) is 47.6 Å². The lowest BCUT2D eigenvalue weighted by atomic mass is 10.2. The number of hydrogen-bond acceptors (Lipinski definition) is 4. The fourth-order valence-electron chi connectivity index (χ4n) is 2.79. The van der Waals surface area contributed by atoms with Gasteiger partial charge in [-0.3, -0.25) is 4.79 Å². The van der Waals surface area contributed by atoms with Crippen molar-refractivity contribution >= 4 is 15.9 Å². The molecule has 0 aliphatic carbocycles. The molecule has 1 aliphatic heterocycles. The van der Waals surface area contributed by atoms with E-state index >= 15 is 0 Å². The van der Waals surface area contributed by atoms with Gasteiger partial charge in [0, 0.05) is 38.1 Å². The molecule has 0 bridgehead atoms. The zero-order chi connectivity index (χ0) is 17.3. The van der Waals surface area contributed by atoms with E-state index < -0.39 is 10.0 Å². The topological polar surface area (TPSA) is 71.4 Å². The number of carbonyl (C=O) groups excluding carboxylic acids is 1. The molecule has 6 nitrogen and oxygen atoms in total. The fraction of sp³-hybridized carbons (Fsp3) is 0.353. The summed E-state index contributed by atoms with van der Waals surface area (Å²) in [6.45, 7) is 5.99. The van der Waals surface area contributed by atoms with E-state index in [0.717, 1.165) is 22.6 Å². The SMILES string of the molecule is Cc1ccc(S(=O)(=O)n2ccc(C(=O)N3CCNC[C@@H]3C)c2)cc1. The first kappa shape index (κ1) is 16.7. The second-order valence-corrected chi connectivity index (χ2v) is 7.94. The normalized spacial score (nSPS) is 18.6. The number of carbonyl (C=O) groups is 1. The van der Waals surface area contributed by atoms with Crippen LogP contribution >= 0.6 is 0 Å². The number of rotatable bonds is 3. The van der Waals surface area contributed by atoms with E-state index in [-0.39, 0.29) is 16.8 Å². The molecule has 0 saturated carbocycles. The van der Waals surface area contributed by atoms with E-state index in [1.165, 1.54) is 12.4 Å². The molecule has 1 saturated heterocycles. The highest BCUT2D eigenvalue weighted by molar-refractivity contribution is 7.90. The first-order valence-corrected chi connectivity index (χ1v) is 9.35. The minimum Gasteiger partial charge on any atom is -0.333 e. The predicted octanol–water partition coefficient (Wildman–Crippen LogP) is 1.47. The van der Waals surface area contributed by atoms with Crippen LogP contribution in [-0.2, 0) is 10.0 Å². The molecule has 2 aromatic rings. The summed E-state index contributed by atoms with van der Waals surface area (Å²) in [6.07, 6.45) is 2.82. The zero-order valence-electron chi connectivity index (χ0n) is 13.8. The predicted molar refractivity (Wildman–Crippen MR) is 91.6 cm³/mol. The quantitative estimate of drug-likeness (QED) is 0.913. The zero-order valence-corrected chi connectivity index (χ0v) is 14.6. The highest BCUT2D eigenvalue weighted by Gasteiger charge is 2.26. The summed E-state index contributed by atoms with van der Waals surface area (Å²) in [5.41, 5.74) is 1.38. The summed E-state index contributed by atoms with van der Waals surface area (Å²) in [6, 6.07) is 8.30. The number of aromatic nitrogens is 1. The Morgan fingerprint density at radius 2 is 1.92 bits per heavy atom. The Morgan fingerprint density at radius 3 is 2.58 bits per heavy atom. The molecule has 2 heterocycles. The number of amides is 1. The lowest BCUT2D eigenvalue weighted by Gasteiger charge is -2.33. The summed E-state index contributed by atoms with van der Waals surface area (Å²) in [7, 11) is -3.68. The molecule has 0 unspecified atom stereocenters. The van der Waals surface area contributed by atoms with Crippen molar-refractivity contribution in [1.29, 1.82) is 0 Å². The van der Waals surface area contributed by atoms with Gasteiger partial charge in [-0.15, -0.1) is 0 Å². The van der Waals surface area contributed by atoms with E-state index in [1.54, 1.807) is 35.2 Å². The van der Waals surface area contributed by atoms with Crippen molar-refractivity contribution in [1.82, 2.24) is 14.2 Å². The summed E-state index contributed by atoms with van der Waals surface area (Å²) < 4.78 is 26.4. The van der Waals surface area contributed by atoms with Gasteiger partial charge in [0.05, 0.1) is 10.5 Å². The molecule has 3 rings (SSSR count). The molecule has 1 N–H and O–H groups in total. The van der Waals surface area contributed by atoms with Crippen molar-refractivity contribution in [3.05, 3.63) is 53.9 Å². The standard InChI is InChI=1S/C17H21N3O3S/c1-13-3-5-16(6-4-13)24(22,23)19-9-7-15(12-19)17(21)20-10-8-18-11-14(20)2/h3-7,9,12,14,18H,8,10-11H2,1-2H3/t14-/m0/s1. The monoisotopic (exact) mass is 347 g/mol. The maximum atomic E-state index is 12.6. The molecule has 7 heteroatoms. The van der Waals surface area contributed by atoms with Crippen molar-refractivity contribution in [2.45, 2.75) is 24.8 Å². The molecular weight excluding hydrogens is 326 g/mol. The summed E-state index contributed by atoms with van der Waals surface area (Å²) in [5.74, 6) is -0.137. The molecular formula is C17H21N3O3S. The largest absolute Gasteiger partial charge is 0.333 e. The minimum atomic E-state index is -3.68. The highest BCUT2D eigenvalue weighted by Crippen LogP contribution is 2.17. The molecule has 1 aliphatic rings. The third-order valence-corrected chi connectivity index (χ3v) is 5.92. The summed E-state index contributed by atoms with van der Waals surface area (Å²) in [4.78, 5) is 14.6. The van der Waals surface area contributed by atoms with Gasteiger partial charge < -0.3 is 10.2 Å². The summed E-state index contributed by atoms with van der Waals surface area (Å²) in [5, 5.41) is 3.23. The lowest BCUT2D eigenvalue weighted by Crippen LogP contribution is -2.52. The van der Waals surface area contributed by atoms with Gasteiger partial charge in [0.1, 0.15) is 0 Å². The number of nitrogens with zero attached hydrogens (tertiary/aromatic N) is 2. The van der Waals surface area contributed by atoms with Gasteiger partial charge in [-0.25, -0.2) is 12.4 Å². The van der Waals surface area contributed by atoms with Crippen LogP contribution in [0.1, 0.15) is 22.8 Å². The smallest absolute Gasteiger partial charge is 0.267 e. The molecule has 1 aromatic carbocycles. The maximum Gasteiger partial charge on any atom is 0.267 e. The second kappa shape index (κ2) is 6.41. The highest BCUT2D eigenvalue weighted by atomic mass is 32.2. The van der Waals surface area contributed by atoms with Crippen molar-refractivity contribution in [3.63, 3.8) is 0 Å². The number of hydrogen-bond donors (Lipinski definition) is 1. The Morgan fingerprint density at radius 1 is 1.21 bits per heavy atom. The third kappa shape index (κ3) is 3.09. The Labute approximate surface area is 142 Å². The average molecular weight is 347 g/mol. The Balaban J connectivity index is 1.87. The molecule has 24 heavy (non-hydrogen) atoms. The van der Waals surface area contributed by atoms with Gasteiger partial charge >= 0.3 is 0 Å². The van der Waals surface area contributed by atoms with Crippen molar-refractivity contribution in [2.75, 3.05) is 19.6 Å². The van der Waals surface area contributed by atoms with E-state index in [2.05, 4.69) is 5.32 Å². The van der Waals surface area contributed by atoms with E-state index in [1.807, 2.05) is 13.8 Å². The van der Waals surface area contributed by atoms with Crippen molar-refractivity contribution in [3.8, 4) is 0 Å². The molecule has 0 spiro atoms. The van der Waals surface area contributed by atoms with E-state index in [9.17, 15) is 13.2 Å².